The number of nitrogens with zero attached hydrogens (tertiary/aromatic N) is 1. The molecule has 1 aromatic carbocycles. The maximum absolute atomic E-state index is 12.8. The van der Waals surface area contributed by atoms with Gasteiger partial charge in [0.05, 0.1) is 12.1 Å². The van der Waals surface area contributed by atoms with E-state index in [1.54, 1.807) is 19.9 Å². The fourth-order valence-electron chi connectivity index (χ4n) is 2.17. The zero-order valence-corrected chi connectivity index (χ0v) is 14.4. The molecule has 2 aromatic rings. The van der Waals surface area contributed by atoms with Gasteiger partial charge < -0.3 is 14.3 Å². The molecule has 138 valence electrons. The van der Waals surface area contributed by atoms with E-state index in [4.69, 9.17) is 14.3 Å². The molecule has 0 spiro atoms. The van der Waals surface area contributed by atoms with Gasteiger partial charge in [-0.2, -0.15) is 5.10 Å². The van der Waals surface area contributed by atoms with Crippen molar-refractivity contribution in [3.8, 4) is 5.75 Å². The van der Waals surface area contributed by atoms with Gasteiger partial charge in [-0.1, -0.05) is 0 Å². The number of aliphatic carboxylic acids is 1. The van der Waals surface area contributed by atoms with Crippen LogP contribution in [0.5, 0.6) is 5.75 Å². The summed E-state index contributed by atoms with van der Waals surface area (Å²) in [5.74, 6) is -0.263. The molecule has 0 radical (unpaired) electrons. The summed E-state index contributed by atoms with van der Waals surface area (Å²) in [6.45, 7) is 3.16. The Hall–Kier alpha value is -3.16. The Bertz CT molecular complexity index is 811. The fourth-order valence-corrected chi connectivity index (χ4v) is 2.17. The first-order valence-corrected chi connectivity index (χ1v) is 7.88. The van der Waals surface area contributed by atoms with E-state index in [0.29, 0.717) is 28.5 Å². The van der Waals surface area contributed by atoms with Crippen molar-refractivity contribution >= 4 is 17.6 Å². The highest BCUT2D eigenvalue weighted by Gasteiger charge is 2.12. The number of hydrazone groups is 1. The molecule has 1 heterocycles. The van der Waals surface area contributed by atoms with Crippen LogP contribution < -0.4 is 10.2 Å². The monoisotopic (exact) mass is 362 g/mol. The standard InChI is InChI=1S/C18H19FN2O5/c1-11(16-9-15(26-12(16)2)7-8-18(23)24)20-21-17(22)10-25-14-5-3-13(19)4-6-14/h3-6,9H,7-8,10H2,1-2H3,(H,21,22)(H,23,24)/b20-11-. The van der Waals surface area contributed by atoms with Gasteiger partial charge in [-0.15, -0.1) is 0 Å². The zero-order chi connectivity index (χ0) is 19.1. The van der Waals surface area contributed by atoms with E-state index < -0.39 is 11.9 Å². The summed E-state index contributed by atoms with van der Waals surface area (Å²) in [5, 5.41) is 12.7. The number of benzene rings is 1. The summed E-state index contributed by atoms with van der Waals surface area (Å²) in [7, 11) is 0. The lowest BCUT2D eigenvalue weighted by molar-refractivity contribution is -0.137. The summed E-state index contributed by atoms with van der Waals surface area (Å²) in [6.07, 6.45) is 0.251. The number of hydrogen-bond donors (Lipinski definition) is 2. The number of furan rings is 1. The van der Waals surface area contributed by atoms with E-state index >= 15 is 0 Å². The Balaban J connectivity index is 1.89. The summed E-state index contributed by atoms with van der Waals surface area (Å²) in [4.78, 5) is 22.4. The summed E-state index contributed by atoms with van der Waals surface area (Å²) < 4.78 is 23.5. The van der Waals surface area contributed by atoms with Gasteiger partial charge in [0.25, 0.3) is 5.91 Å². The molecular formula is C18H19FN2O5. The van der Waals surface area contributed by atoms with Crippen molar-refractivity contribution in [1.82, 2.24) is 5.43 Å². The minimum Gasteiger partial charge on any atom is -0.484 e. The van der Waals surface area contributed by atoms with Gasteiger partial charge in [-0.05, 0) is 44.2 Å². The van der Waals surface area contributed by atoms with Crippen molar-refractivity contribution in [2.45, 2.75) is 26.7 Å². The van der Waals surface area contributed by atoms with E-state index in [1.807, 2.05) is 0 Å². The van der Waals surface area contributed by atoms with E-state index in [9.17, 15) is 14.0 Å². The fraction of sp³-hybridized carbons (Fsp3) is 0.278. The van der Waals surface area contributed by atoms with Crippen molar-refractivity contribution in [2.75, 3.05) is 6.61 Å². The normalized spacial score (nSPS) is 11.3. The van der Waals surface area contributed by atoms with Crippen LogP contribution in [-0.4, -0.2) is 29.3 Å². The molecule has 26 heavy (non-hydrogen) atoms. The topological polar surface area (TPSA) is 101 Å². The summed E-state index contributed by atoms with van der Waals surface area (Å²) in [6, 6.07) is 7.02. The molecule has 0 aliphatic heterocycles. The predicted molar refractivity (Wildman–Crippen MR) is 91.7 cm³/mol. The molecule has 2 N–H and O–H groups in total. The average Bonchev–Trinajstić information content (AvgIpc) is 2.98. The Morgan fingerprint density at radius 2 is 2.00 bits per heavy atom. The van der Waals surface area contributed by atoms with Crippen molar-refractivity contribution < 1.29 is 28.2 Å². The van der Waals surface area contributed by atoms with E-state index in [1.165, 1.54) is 24.3 Å². The second kappa shape index (κ2) is 8.80. The highest BCUT2D eigenvalue weighted by atomic mass is 19.1. The second-order valence-electron chi connectivity index (χ2n) is 5.55. The number of aryl methyl sites for hydroxylation is 2. The van der Waals surface area contributed by atoms with Crippen LogP contribution in [0.2, 0.25) is 0 Å². The molecular weight excluding hydrogens is 343 g/mol. The molecule has 2 rings (SSSR count). The van der Waals surface area contributed by atoms with Gasteiger partial charge in [-0.25, -0.2) is 9.82 Å². The number of halogens is 1. The lowest BCUT2D eigenvalue weighted by Crippen LogP contribution is -2.25. The largest absolute Gasteiger partial charge is 0.484 e. The van der Waals surface area contributed by atoms with Crippen LogP contribution in [0, 0.1) is 12.7 Å². The van der Waals surface area contributed by atoms with Gasteiger partial charge in [0.15, 0.2) is 6.61 Å². The van der Waals surface area contributed by atoms with Crippen LogP contribution in [0.15, 0.2) is 39.9 Å². The number of rotatable bonds is 8. The molecule has 0 aliphatic rings. The Labute approximate surface area is 149 Å². The zero-order valence-electron chi connectivity index (χ0n) is 14.4. The minimum absolute atomic E-state index is 0.0277. The van der Waals surface area contributed by atoms with Gasteiger partial charge in [-0.3, -0.25) is 9.59 Å². The van der Waals surface area contributed by atoms with Gasteiger partial charge in [0, 0.05) is 12.0 Å². The molecule has 0 saturated carbocycles. The smallest absolute Gasteiger partial charge is 0.303 e. The number of nitrogens with one attached hydrogen (secondary N) is 1. The van der Waals surface area contributed by atoms with E-state index in [2.05, 4.69) is 10.5 Å². The number of carbonyl (C=O) groups is 2. The molecule has 0 bridgehead atoms. The van der Waals surface area contributed by atoms with E-state index in [0.717, 1.165) is 0 Å². The molecule has 7 nitrogen and oxygen atoms in total. The molecule has 0 atom stereocenters. The number of hydrogen-bond acceptors (Lipinski definition) is 5. The lowest BCUT2D eigenvalue weighted by atomic mass is 10.1. The third-order valence-electron chi connectivity index (χ3n) is 3.48. The molecule has 1 amide bonds. The van der Waals surface area contributed by atoms with Crippen molar-refractivity contribution in [3.05, 3.63) is 53.2 Å². The Morgan fingerprint density at radius 3 is 2.65 bits per heavy atom. The van der Waals surface area contributed by atoms with Gasteiger partial charge >= 0.3 is 5.97 Å². The Kier molecular flexibility index (Phi) is 6.48. The second-order valence-corrected chi connectivity index (χ2v) is 5.55. The highest BCUT2D eigenvalue weighted by Crippen LogP contribution is 2.17. The van der Waals surface area contributed by atoms with Crippen LogP contribution in [-0.2, 0) is 16.0 Å². The molecule has 0 aliphatic carbocycles. The van der Waals surface area contributed by atoms with Crippen molar-refractivity contribution in [2.24, 2.45) is 5.10 Å². The molecule has 0 saturated heterocycles. The lowest BCUT2D eigenvalue weighted by Gasteiger charge is -2.05. The van der Waals surface area contributed by atoms with Gasteiger partial charge in [0.2, 0.25) is 0 Å². The van der Waals surface area contributed by atoms with Crippen LogP contribution in [0.4, 0.5) is 4.39 Å². The minimum atomic E-state index is -0.903. The maximum atomic E-state index is 12.8. The first-order valence-electron chi connectivity index (χ1n) is 7.88. The van der Waals surface area contributed by atoms with Crippen molar-refractivity contribution in [1.29, 1.82) is 0 Å². The Morgan fingerprint density at radius 1 is 1.31 bits per heavy atom. The number of carboxylic acids is 1. The SMILES string of the molecule is C/C(=N/NC(=O)COc1ccc(F)cc1)c1cc(CCC(=O)O)oc1C. The van der Waals surface area contributed by atoms with Crippen molar-refractivity contribution in [3.63, 3.8) is 0 Å². The number of carbonyl (C=O) groups excluding carboxylic acids is 1. The van der Waals surface area contributed by atoms with E-state index in [-0.39, 0.29) is 25.3 Å². The van der Waals surface area contributed by atoms with Crippen LogP contribution in [0.1, 0.15) is 30.4 Å². The molecule has 8 heteroatoms. The molecule has 0 fully saturated rings. The van der Waals surface area contributed by atoms with Crippen LogP contribution in [0.3, 0.4) is 0 Å². The maximum Gasteiger partial charge on any atom is 0.303 e. The first-order chi connectivity index (χ1) is 12.3. The number of amides is 1. The van der Waals surface area contributed by atoms with Gasteiger partial charge in [0.1, 0.15) is 23.1 Å². The number of ether oxygens (including phenoxy) is 1. The molecule has 1 aromatic heterocycles. The average molecular weight is 362 g/mol. The summed E-state index contributed by atoms with van der Waals surface area (Å²) in [5.41, 5.74) is 3.57. The molecule has 0 unspecified atom stereocenters. The third-order valence-corrected chi connectivity index (χ3v) is 3.48. The summed E-state index contributed by atoms with van der Waals surface area (Å²) >= 11 is 0. The van der Waals surface area contributed by atoms with Crippen LogP contribution >= 0.6 is 0 Å². The first kappa shape index (κ1) is 19.2. The third kappa shape index (κ3) is 5.73. The quantitative estimate of drug-likeness (QED) is 0.555. The van der Waals surface area contributed by atoms with Crippen LogP contribution in [0.25, 0.3) is 0 Å². The highest BCUT2D eigenvalue weighted by molar-refractivity contribution is 6.00. The number of carboxylic acid groups (broad SMARTS) is 1. The predicted octanol–water partition coefficient (Wildman–Crippen LogP) is 2.66.